The molecule has 0 aliphatic heterocycles. The van der Waals surface area contributed by atoms with Crippen LogP contribution in [0.5, 0.6) is 0 Å². The van der Waals surface area contributed by atoms with E-state index < -0.39 is 0 Å². The highest BCUT2D eigenvalue weighted by Crippen LogP contribution is 2.41. The van der Waals surface area contributed by atoms with E-state index in [9.17, 15) is 0 Å². The summed E-state index contributed by atoms with van der Waals surface area (Å²) in [6.45, 7) is 0. The maximum Gasteiger partial charge on any atom is 0.0635 e. The lowest BCUT2D eigenvalue weighted by Gasteiger charge is -2.27. The fourth-order valence-corrected chi connectivity index (χ4v) is 8.46. The number of rotatable bonds is 6. The molecular formula is C52H35N3. The molecule has 0 saturated heterocycles. The molecule has 2 aromatic heterocycles. The molecule has 55 heavy (non-hydrogen) atoms. The fraction of sp³-hybridized carbons (Fsp3) is 0. The van der Waals surface area contributed by atoms with Crippen molar-refractivity contribution in [2.75, 3.05) is 4.90 Å². The second kappa shape index (κ2) is 12.6. The smallest absolute Gasteiger partial charge is 0.0635 e. The van der Waals surface area contributed by atoms with Crippen LogP contribution in [0.2, 0.25) is 0 Å². The van der Waals surface area contributed by atoms with Gasteiger partial charge in [-0.3, -0.25) is 0 Å². The second-order valence-electron chi connectivity index (χ2n) is 14.3. The van der Waals surface area contributed by atoms with Gasteiger partial charge < -0.3 is 14.0 Å². The van der Waals surface area contributed by atoms with Crippen molar-refractivity contribution in [1.82, 2.24) is 9.13 Å². The molecule has 0 saturated carbocycles. The molecule has 2 heterocycles. The van der Waals surface area contributed by atoms with E-state index in [4.69, 9.17) is 0 Å². The van der Waals surface area contributed by atoms with Crippen LogP contribution in [0.1, 0.15) is 0 Å². The highest BCUT2D eigenvalue weighted by Gasteiger charge is 2.19. The molecule has 0 aliphatic rings. The lowest BCUT2D eigenvalue weighted by molar-refractivity contribution is 1.13. The molecule has 11 rings (SSSR count). The van der Waals surface area contributed by atoms with Crippen molar-refractivity contribution in [2.45, 2.75) is 0 Å². The van der Waals surface area contributed by atoms with E-state index in [0.717, 1.165) is 28.4 Å². The van der Waals surface area contributed by atoms with E-state index in [0.29, 0.717) is 0 Å². The van der Waals surface area contributed by atoms with Gasteiger partial charge in [-0.2, -0.15) is 0 Å². The summed E-state index contributed by atoms with van der Waals surface area (Å²) in [6.07, 6.45) is 2.21. The molecular weight excluding hydrogens is 667 g/mol. The molecule has 0 amide bonds. The highest BCUT2D eigenvalue weighted by atomic mass is 15.1. The third kappa shape index (κ3) is 5.20. The molecule has 3 nitrogen and oxygen atoms in total. The molecule has 11 aromatic rings. The van der Waals surface area contributed by atoms with Crippen molar-refractivity contribution in [3.63, 3.8) is 0 Å². The van der Waals surface area contributed by atoms with Gasteiger partial charge in [-0.05, 0) is 105 Å². The van der Waals surface area contributed by atoms with Crippen LogP contribution in [0.25, 0.3) is 76.8 Å². The van der Waals surface area contributed by atoms with Gasteiger partial charge in [0.1, 0.15) is 0 Å². The molecule has 0 fully saturated rings. The average molecular weight is 702 g/mol. The number of nitrogens with zero attached hydrogens (tertiary/aromatic N) is 3. The van der Waals surface area contributed by atoms with Crippen LogP contribution in [-0.4, -0.2) is 9.13 Å². The Kier molecular flexibility index (Phi) is 7.17. The third-order valence-electron chi connectivity index (χ3n) is 11.1. The predicted molar refractivity (Wildman–Crippen MR) is 233 cm³/mol. The number of aromatic nitrogens is 2. The van der Waals surface area contributed by atoms with Gasteiger partial charge >= 0.3 is 0 Å². The van der Waals surface area contributed by atoms with E-state index in [2.05, 4.69) is 226 Å². The molecule has 0 spiro atoms. The van der Waals surface area contributed by atoms with Crippen molar-refractivity contribution >= 4 is 71.3 Å². The van der Waals surface area contributed by atoms with Crippen LogP contribution in [-0.2, 0) is 0 Å². The number of hydrogen-bond donors (Lipinski definition) is 0. The van der Waals surface area contributed by atoms with Crippen molar-refractivity contribution in [3.05, 3.63) is 212 Å². The normalized spacial score (nSPS) is 11.6. The zero-order valence-electron chi connectivity index (χ0n) is 30.0. The van der Waals surface area contributed by atoms with Crippen molar-refractivity contribution < 1.29 is 0 Å². The summed E-state index contributed by atoms with van der Waals surface area (Å²) in [7, 11) is 0. The number of hydrogen-bond acceptors (Lipinski definition) is 1. The first-order valence-corrected chi connectivity index (χ1v) is 18.8. The molecule has 0 aliphatic carbocycles. The van der Waals surface area contributed by atoms with Gasteiger partial charge in [0.15, 0.2) is 0 Å². The van der Waals surface area contributed by atoms with Gasteiger partial charge in [-0.25, -0.2) is 0 Å². The monoisotopic (exact) mass is 701 g/mol. The van der Waals surface area contributed by atoms with E-state index in [1.807, 2.05) is 0 Å². The minimum absolute atomic E-state index is 1.09. The van der Waals surface area contributed by atoms with Crippen LogP contribution in [0.15, 0.2) is 212 Å². The Labute approximate surface area is 319 Å². The topological polar surface area (TPSA) is 13.1 Å². The average Bonchev–Trinajstić information content (AvgIpc) is 3.84. The minimum atomic E-state index is 1.09. The third-order valence-corrected chi connectivity index (χ3v) is 11.1. The number of benzene rings is 9. The van der Waals surface area contributed by atoms with E-state index in [1.165, 1.54) is 65.4 Å². The number of para-hydroxylation sites is 1. The van der Waals surface area contributed by atoms with Gasteiger partial charge in [0.2, 0.25) is 0 Å². The summed E-state index contributed by atoms with van der Waals surface area (Å²) >= 11 is 0. The molecule has 0 radical (unpaired) electrons. The van der Waals surface area contributed by atoms with Crippen LogP contribution < -0.4 is 4.90 Å². The van der Waals surface area contributed by atoms with Gasteiger partial charge in [0.05, 0.1) is 16.6 Å². The number of anilines is 3. The van der Waals surface area contributed by atoms with Crippen molar-refractivity contribution in [1.29, 1.82) is 0 Å². The summed E-state index contributed by atoms with van der Waals surface area (Å²) in [5, 5.41) is 8.58. The Morgan fingerprint density at radius 2 is 0.945 bits per heavy atom. The van der Waals surface area contributed by atoms with E-state index in [1.54, 1.807) is 0 Å². The highest BCUT2D eigenvalue weighted by molar-refractivity contribution is 6.18. The molecule has 0 atom stereocenters. The second-order valence-corrected chi connectivity index (χ2v) is 14.3. The summed E-state index contributed by atoms with van der Waals surface area (Å²) in [5.41, 5.74) is 11.6. The largest absolute Gasteiger partial charge is 0.316 e. The van der Waals surface area contributed by atoms with Gasteiger partial charge in [-0.1, -0.05) is 133 Å². The van der Waals surface area contributed by atoms with Gasteiger partial charge in [0, 0.05) is 50.8 Å². The Bertz CT molecular complexity index is 3130. The Balaban J connectivity index is 1.10. The quantitative estimate of drug-likeness (QED) is 0.168. The summed E-state index contributed by atoms with van der Waals surface area (Å²) in [6, 6.07) is 74.8. The summed E-state index contributed by atoms with van der Waals surface area (Å²) in [5.74, 6) is 0. The summed E-state index contributed by atoms with van der Waals surface area (Å²) in [4.78, 5) is 2.39. The first-order valence-electron chi connectivity index (χ1n) is 18.8. The maximum atomic E-state index is 2.46. The van der Waals surface area contributed by atoms with Crippen LogP contribution in [0.3, 0.4) is 0 Å². The standard InChI is InChI=1S/C52H35N3/c1-2-11-36(12-3-1)39-21-25-42(26-22-39)53-32-31-49-50(53)30-29-48-47-19-8-9-20-51(47)55(52(48)49)44-18-10-17-43(35-44)54(45-27-23-37-13-4-6-15-40(37)33-45)46-28-24-38-14-5-7-16-41(38)34-46/h1-35H. The van der Waals surface area contributed by atoms with Crippen LogP contribution in [0, 0.1) is 0 Å². The SMILES string of the molecule is c1ccc(-c2ccc(-n3ccc4c3ccc3c5ccccc5n(-c5cccc(N(c6ccc7ccccc7c6)c6ccc7ccccc7c6)c5)c34)cc2)cc1. The Morgan fingerprint density at radius 3 is 1.67 bits per heavy atom. The van der Waals surface area contributed by atoms with E-state index in [-0.39, 0.29) is 0 Å². The number of fused-ring (bicyclic) bond motifs is 7. The van der Waals surface area contributed by atoms with Gasteiger partial charge in [0.25, 0.3) is 0 Å². The predicted octanol–water partition coefficient (Wildman–Crippen LogP) is 14.2. The zero-order chi connectivity index (χ0) is 36.3. The summed E-state index contributed by atoms with van der Waals surface area (Å²) < 4.78 is 4.77. The molecule has 0 unspecified atom stereocenters. The van der Waals surface area contributed by atoms with Gasteiger partial charge in [-0.15, -0.1) is 0 Å². The maximum absolute atomic E-state index is 2.46. The van der Waals surface area contributed by atoms with Crippen LogP contribution >= 0.6 is 0 Å². The lowest BCUT2D eigenvalue weighted by atomic mass is 10.1. The molecule has 3 heteroatoms. The van der Waals surface area contributed by atoms with E-state index >= 15 is 0 Å². The molecule has 9 aromatic carbocycles. The minimum Gasteiger partial charge on any atom is -0.316 e. The van der Waals surface area contributed by atoms with Crippen molar-refractivity contribution in [2.24, 2.45) is 0 Å². The van der Waals surface area contributed by atoms with Crippen molar-refractivity contribution in [3.8, 4) is 22.5 Å². The molecule has 0 bridgehead atoms. The first kappa shape index (κ1) is 31.2. The zero-order valence-corrected chi connectivity index (χ0v) is 30.0. The lowest BCUT2D eigenvalue weighted by Crippen LogP contribution is -2.10. The first-order chi connectivity index (χ1) is 27.3. The van der Waals surface area contributed by atoms with Crippen LogP contribution in [0.4, 0.5) is 17.1 Å². The Hall–Kier alpha value is -7.36. The molecule has 258 valence electrons. The Morgan fingerprint density at radius 1 is 0.327 bits per heavy atom. The molecule has 0 N–H and O–H groups in total. The fourth-order valence-electron chi connectivity index (χ4n) is 8.46.